The Balaban J connectivity index is 2.13. The number of hydrogen-bond acceptors (Lipinski definition) is 4. The van der Waals surface area contributed by atoms with Gasteiger partial charge in [0.2, 0.25) is 0 Å². The van der Waals surface area contributed by atoms with Gasteiger partial charge in [-0.15, -0.1) is 0 Å². The summed E-state index contributed by atoms with van der Waals surface area (Å²) in [5.41, 5.74) is 2.28. The molecule has 2 aromatic rings. The van der Waals surface area contributed by atoms with E-state index in [4.69, 9.17) is 0 Å². The van der Waals surface area contributed by atoms with Gasteiger partial charge in [0, 0.05) is 30.7 Å². The molecule has 100 valence electrons. The van der Waals surface area contributed by atoms with E-state index in [1.165, 1.54) is 5.69 Å². The van der Waals surface area contributed by atoms with Crippen molar-refractivity contribution in [3.8, 4) is 0 Å². The fourth-order valence-corrected chi connectivity index (χ4v) is 2.32. The molecule has 1 aromatic heterocycles. The van der Waals surface area contributed by atoms with Gasteiger partial charge in [0.15, 0.2) is 0 Å². The molecule has 0 atom stereocenters. The Morgan fingerprint density at radius 1 is 1.16 bits per heavy atom. The van der Waals surface area contributed by atoms with Gasteiger partial charge in [0.1, 0.15) is 12.1 Å². The molecule has 1 N–H and O–H groups in total. The largest absolute Gasteiger partial charge is 0.372 e. The van der Waals surface area contributed by atoms with Gasteiger partial charge in [-0.3, -0.25) is 0 Å². The molecular formula is C14H17IN4. The summed E-state index contributed by atoms with van der Waals surface area (Å²) in [5.74, 6) is 0.839. The predicted octanol–water partition coefficient (Wildman–Crippen LogP) is 3.67. The fourth-order valence-electron chi connectivity index (χ4n) is 1.89. The maximum atomic E-state index is 4.22. The molecule has 0 radical (unpaired) electrons. The summed E-state index contributed by atoms with van der Waals surface area (Å²) in [6, 6.07) is 8.41. The van der Waals surface area contributed by atoms with Crippen molar-refractivity contribution < 1.29 is 0 Å². The lowest BCUT2D eigenvalue weighted by Gasteiger charge is -2.21. The van der Waals surface area contributed by atoms with E-state index < -0.39 is 0 Å². The van der Waals surface area contributed by atoms with Crippen LogP contribution in [0.5, 0.6) is 0 Å². The number of hydrogen-bond donors (Lipinski definition) is 1. The van der Waals surface area contributed by atoms with Crippen molar-refractivity contribution in [2.45, 2.75) is 13.8 Å². The lowest BCUT2D eigenvalue weighted by atomic mass is 10.2. The number of anilines is 3. The van der Waals surface area contributed by atoms with E-state index in [1.54, 1.807) is 12.5 Å². The minimum atomic E-state index is 0.839. The third-order valence-corrected chi connectivity index (χ3v) is 3.72. The molecule has 1 heterocycles. The normalized spacial score (nSPS) is 10.3. The van der Waals surface area contributed by atoms with Gasteiger partial charge >= 0.3 is 0 Å². The molecule has 0 aliphatic carbocycles. The van der Waals surface area contributed by atoms with Gasteiger partial charge in [-0.05, 0) is 60.7 Å². The minimum Gasteiger partial charge on any atom is -0.372 e. The topological polar surface area (TPSA) is 41.0 Å². The average molecular weight is 368 g/mol. The lowest BCUT2D eigenvalue weighted by molar-refractivity contribution is 0.866. The fraction of sp³-hybridized carbons (Fsp3) is 0.286. The number of aromatic nitrogens is 2. The Morgan fingerprint density at radius 2 is 1.84 bits per heavy atom. The molecule has 0 amide bonds. The van der Waals surface area contributed by atoms with E-state index in [0.717, 1.165) is 28.2 Å². The molecule has 0 aliphatic rings. The predicted molar refractivity (Wildman–Crippen MR) is 88.0 cm³/mol. The Kier molecular flexibility index (Phi) is 4.95. The second-order valence-electron chi connectivity index (χ2n) is 4.06. The molecule has 0 saturated heterocycles. The first-order valence-corrected chi connectivity index (χ1v) is 7.40. The summed E-state index contributed by atoms with van der Waals surface area (Å²) in [6.07, 6.45) is 3.34. The smallest absolute Gasteiger partial charge is 0.147 e. The van der Waals surface area contributed by atoms with Crippen molar-refractivity contribution in [3.63, 3.8) is 0 Å². The highest BCUT2D eigenvalue weighted by molar-refractivity contribution is 14.1. The quantitative estimate of drug-likeness (QED) is 0.818. The molecule has 0 fully saturated rings. The van der Waals surface area contributed by atoms with Crippen LogP contribution < -0.4 is 10.2 Å². The first kappa shape index (κ1) is 14.0. The molecular weight excluding hydrogens is 351 g/mol. The third kappa shape index (κ3) is 3.56. The van der Waals surface area contributed by atoms with Crippen LogP contribution in [0.15, 0.2) is 36.8 Å². The van der Waals surface area contributed by atoms with Crippen LogP contribution in [0.1, 0.15) is 13.8 Å². The number of nitrogens with one attached hydrogen (secondary N) is 1. The van der Waals surface area contributed by atoms with Crippen molar-refractivity contribution in [1.29, 1.82) is 0 Å². The van der Waals surface area contributed by atoms with Crippen molar-refractivity contribution >= 4 is 39.8 Å². The number of nitrogens with zero attached hydrogens (tertiary/aromatic N) is 3. The van der Waals surface area contributed by atoms with Crippen LogP contribution in [-0.4, -0.2) is 23.1 Å². The average Bonchev–Trinajstić information content (AvgIpc) is 2.44. The second-order valence-corrected chi connectivity index (χ2v) is 5.23. The zero-order valence-corrected chi connectivity index (χ0v) is 13.3. The summed E-state index contributed by atoms with van der Waals surface area (Å²) in [6.45, 7) is 6.37. The van der Waals surface area contributed by atoms with Gasteiger partial charge in [0.25, 0.3) is 0 Å². The standard InChI is InChI=1S/C14H17IN4/c1-3-19(4-2)12-7-5-11(6-8-12)18-14-13(15)9-16-10-17-14/h5-10H,3-4H2,1-2H3,(H,16,17,18). The molecule has 2 rings (SSSR count). The van der Waals surface area contributed by atoms with Crippen LogP contribution in [0, 0.1) is 3.57 Å². The highest BCUT2D eigenvalue weighted by atomic mass is 127. The number of rotatable bonds is 5. The van der Waals surface area contributed by atoms with Gasteiger partial charge < -0.3 is 10.2 Å². The van der Waals surface area contributed by atoms with Gasteiger partial charge in [-0.1, -0.05) is 0 Å². The maximum Gasteiger partial charge on any atom is 0.147 e. The number of halogens is 1. The zero-order valence-electron chi connectivity index (χ0n) is 11.1. The zero-order chi connectivity index (χ0) is 13.7. The summed E-state index contributed by atoms with van der Waals surface area (Å²) >= 11 is 2.22. The van der Waals surface area contributed by atoms with Gasteiger partial charge in [0.05, 0.1) is 3.57 Å². The maximum absolute atomic E-state index is 4.22. The summed E-state index contributed by atoms with van der Waals surface area (Å²) in [7, 11) is 0. The van der Waals surface area contributed by atoms with E-state index in [0.29, 0.717) is 0 Å². The van der Waals surface area contributed by atoms with Crippen molar-refractivity contribution in [2.75, 3.05) is 23.3 Å². The molecule has 0 bridgehead atoms. The SMILES string of the molecule is CCN(CC)c1ccc(Nc2ncncc2I)cc1. The van der Waals surface area contributed by atoms with E-state index >= 15 is 0 Å². The molecule has 0 saturated carbocycles. The van der Waals surface area contributed by atoms with Crippen LogP contribution in [0.25, 0.3) is 0 Å². The monoisotopic (exact) mass is 368 g/mol. The van der Waals surface area contributed by atoms with Gasteiger partial charge in [-0.25, -0.2) is 9.97 Å². The van der Waals surface area contributed by atoms with Crippen LogP contribution in [0.3, 0.4) is 0 Å². The van der Waals surface area contributed by atoms with Crippen LogP contribution in [-0.2, 0) is 0 Å². The van der Waals surface area contributed by atoms with Crippen LogP contribution >= 0.6 is 22.6 Å². The van der Waals surface area contributed by atoms with Crippen LogP contribution in [0.4, 0.5) is 17.2 Å². The highest BCUT2D eigenvalue weighted by Crippen LogP contribution is 2.22. The van der Waals surface area contributed by atoms with E-state index in [2.05, 4.69) is 80.9 Å². The highest BCUT2D eigenvalue weighted by Gasteiger charge is 2.03. The molecule has 19 heavy (non-hydrogen) atoms. The van der Waals surface area contributed by atoms with Gasteiger partial charge in [-0.2, -0.15) is 0 Å². The lowest BCUT2D eigenvalue weighted by Crippen LogP contribution is -2.21. The summed E-state index contributed by atoms with van der Waals surface area (Å²) in [5, 5.41) is 3.30. The van der Waals surface area contributed by atoms with Crippen molar-refractivity contribution in [2.24, 2.45) is 0 Å². The van der Waals surface area contributed by atoms with Crippen molar-refractivity contribution in [1.82, 2.24) is 9.97 Å². The first-order chi connectivity index (χ1) is 9.24. The van der Waals surface area contributed by atoms with Crippen LogP contribution in [0.2, 0.25) is 0 Å². The minimum absolute atomic E-state index is 0.839. The first-order valence-electron chi connectivity index (χ1n) is 6.32. The second kappa shape index (κ2) is 6.70. The van der Waals surface area contributed by atoms with E-state index in [9.17, 15) is 0 Å². The molecule has 0 aliphatic heterocycles. The van der Waals surface area contributed by atoms with Crippen molar-refractivity contribution in [3.05, 3.63) is 40.4 Å². The molecule has 5 heteroatoms. The third-order valence-electron chi connectivity index (χ3n) is 2.93. The molecule has 0 spiro atoms. The Bertz CT molecular complexity index is 523. The Labute approximate surface area is 127 Å². The summed E-state index contributed by atoms with van der Waals surface area (Å²) < 4.78 is 1.01. The molecule has 1 aromatic carbocycles. The molecule has 0 unspecified atom stereocenters. The number of benzene rings is 1. The Hall–Kier alpha value is -1.37. The molecule has 4 nitrogen and oxygen atoms in total. The van der Waals surface area contributed by atoms with E-state index in [-0.39, 0.29) is 0 Å². The Morgan fingerprint density at radius 3 is 2.42 bits per heavy atom. The summed E-state index contributed by atoms with van der Waals surface area (Å²) in [4.78, 5) is 10.5. The van der Waals surface area contributed by atoms with E-state index in [1.807, 2.05) is 0 Å².